The van der Waals surface area contributed by atoms with E-state index in [2.05, 4.69) is 25.8 Å². The molecule has 1 aliphatic heterocycles. The van der Waals surface area contributed by atoms with Crippen LogP contribution in [0.4, 0.5) is 11.8 Å². The first kappa shape index (κ1) is 20.8. The lowest BCUT2D eigenvalue weighted by Gasteiger charge is -2.45. The van der Waals surface area contributed by atoms with Gasteiger partial charge in [0.05, 0.1) is 15.7 Å². The number of nitrogen functional groups attached to an aromatic ring is 1. The number of hydrogen-bond donors (Lipinski definition) is 2. The van der Waals surface area contributed by atoms with Gasteiger partial charge in [0.2, 0.25) is 5.95 Å². The predicted octanol–water partition coefficient (Wildman–Crippen LogP) is 2.30. The van der Waals surface area contributed by atoms with Gasteiger partial charge in [-0.15, -0.1) is 0 Å². The Kier molecular flexibility index (Phi) is 5.76. The van der Waals surface area contributed by atoms with E-state index in [1.807, 2.05) is 13.8 Å². The first-order chi connectivity index (χ1) is 12.6. The van der Waals surface area contributed by atoms with Gasteiger partial charge in [-0.25, -0.2) is 4.21 Å². The van der Waals surface area contributed by atoms with E-state index >= 15 is 0 Å². The number of halogens is 1. The zero-order valence-electron chi connectivity index (χ0n) is 16.3. The second-order valence-electron chi connectivity index (χ2n) is 8.67. The second kappa shape index (κ2) is 7.48. The summed E-state index contributed by atoms with van der Waals surface area (Å²) < 4.78 is 13.4. The number of nitrogens with two attached hydrogens (primary N) is 2. The van der Waals surface area contributed by atoms with Gasteiger partial charge >= 0.3 is 0 Å². The molecule has 1 spiro atoms. The highest BCUT2D eigenvalue weighted by molar-refractivity contribution is 9.10. The van der Waals surface area contributed by atoms with E-state index in [1.54, 1.807) is 11.6 Å². The van der Waals surface area contributed by atoms with Crippen molar-refractivity contribution in [3.8, 4) is 0 Å². The molecule has 2 heterocycles. The van der Waals surface area contributed by atoms with Gasteiger partial charge in [0.15, 0.2) is 0 Å². The number of hydrogen-bond acceptors (Lipinski definition) is 5. The van der Waals surface area contributed by atoms with Crippen LogP contribution in [0.15, 0.2) is 9.27 Å². The van der Waals surface area contributed by atoms with Crippen molar-refractivity contribution in [1.82, 2.24) is 9.55 Å². The van der Waals surface area contributed by atoms with Crippen LogP contribution in [-0.2, 0) is 18.0 Å². The molecule has 0 radical (unpaired) electrons. The molecule has 3 rings (SSSR count). The lowest BCUT2D eigenvalue weighted by atomic mass is 9.68. The molecule has 152 valence electrons. The molecule has 7 nitrogen and oxygen atoms in total. The molecule has 1 aromatic heterocycles. The van der Waals surface area contributed by atoms with E-state index in [0.717, 1.165) is 32.4 Å². The van der Waals surface area contributed by atoms with Crippen molar-refractivity contribution in [3.05, 3.63) is 14.8 Å². The summed E-state index contributed by atoms with van der Waals surface area (Å²) in [6.07, 6.45) is 6.63. The van der Waals surface area contributed by atoms with Crippen molar-refractivity contribution in [2.45, 2.75) is 57.1 Å². The standard InChI is InChI=1S/C18H30BrN5O2S/c1-17(2,27(21)26)11-12-5-4-6-18(12)7-9-24(10-8-18)16-22-14(20)13(19)15(25)23(16)3/h12H,4-11,20-21H2,1-3H3/t12-,27?/m1/s1. The van der Waals surface area contributed by atoms with Gasteiger partial charge in [-0.05, 0) is 73.2 Å². The Balaban J connectivity index is 1.77. The fourth-order valence-corrected chi connectivity index (χ4v) is 5.60. The smallest absolute Gasteiger partial charge is 0.271 e. The Bertz CT molecular complexity index is 802. The molecule has 2 aliphatic rings. The predicted molar refractivity (Wildman–Crippen MR) is 114 cm³/mol. The summed E-state index contributed by atoms with van der Waals surface area (Å²) in [6, 6.07) is 0. The highest BCUT2D eigenvalue weighted by Crippen LogP contribution is 2.53. The first-order valence-electron chi connectivity index (χ1n) is 9.51. The van der Waals surface area contributed by atoms with Crippen LogP contribution in [0.25, 0.3) is 0 Å². The average molecular weight is 460 g/mol. The van der Waals surface area contributed by atoms with E-state index < -0.39 is 11.0 Å². The molecule has 4 N–H and O–H groups in total. The summed E-state index contributed by atoms with van der Waals surface area (Å²) in [5, 5.41) is 5.73. The van der Waals surface area contributed by atoms with Crippen molar-refractivity contribution in [3.63, 3.8) is 0 Å². The maximum Gasteiger partial charge on any atom is 0.271 e. The van der Waals surface area contributed by atoms with E-state index in [-0.39, 0.29) is 21.5 Å². The van der Waals surface area contributed by atoms with Crippen molar-refractivity contribution in [1.29, 1.82) is 0 Å². The van der Waals surface area contributed by atoms with Crippen molar-refractivity contribution in [2.24, 2.45) is 23.5 Å². The summed E-state index contributed by atoms with van der Waals surface area (Å²) in [5.74, 6) is 1.42. The van der Waals surface area contributed by atoms with Crippen molar-refractivity contribution >= 4 is 38.7 Å². The van der Waals surface area contributed by atoms with Gasteiger partial charge in [0.25, 0.3) is 5.56 Å². The molecule has 1 unspecified atom stereocenters. The van der Waals surface area contributed by atoms with E-state index in [1.165, 1.54) is 19.3 Å². The molecule has 0 amide bonds. The molecule has 2 fully saturated rings. The summed E-state index contributed by atoms with van der Waals surface area (Å²) in [6.45, 7) is 5.72. The van der Waals surface area contributed by atoms with Gasteiger partial charge in [-0.1, -0.05) is 6.42 Å². The van der Waals surface area contributed by atoms with Crippen LogP contribution in [-0.4, -0.2) is 31.6 Å². The normalized spacial score (nSPS) is 23.7. The number of anilines is 2. The molecular formula is C18H30BrN5O2S. The Morgan fingerprint density at radius 1 is 1.33 bits per heavy atom. The summed E-state index contributed by atoms with van der Waals surface area (Å²) in [4.78, 5) is 18.9. The molecule has 27 heavy (non-hydrogen) atoms. The minimum absolute atomic E-state index is 0.163. The van der Waals surface area contributed by atoms with Crippen LogP contribution < -0.4 is 21.3 Å². The van der Waals surface area contributed by atoms with Crippen LogP contribution in [0.5, 0.6) is 0 Å². The lowest BCUT2D eigenvalue weighted by molar-refractivity contribution is 0.133. The van der Waals surface area contributed by atoms with Gasteiger partial charge in [-0.3, -0.25) is 14.5 Å². The zero-order valence-corrected chi connectivity index (χ0v) is 18.7. The Hall–Kier alpha value is -0.930. The molecule has 1 saturated carbocycles. The molecule has 1 saturated heterocycles. The minimum atomic E-state index is -1.32. The van der Waals surface area contributed by atoms with Gasteiger partial charge in [-0.2, -0.15) is 4.98 Å². The molecule has 2 atom stereocenters. The van der Waals surface area contributed by atoms with Gasteiger partial charge < -0.3 is 10.6 Å². The molecule has 1 aromatic rings. The molecule has 0 aromatic carbocycles. The topological polar surface area (TPSA) is 107 Å². The lowest BCUT2D eigenvalue weighted by Crippen LogP contribution is -2.46. The van der Waals surface area contributed by atoms with Crippen LogP contribution in [0, 0.1) is 11.3 Å². The Labute approximate surface area is 171 Å². The third kappa shape index (κ3) is 3.82. The van der Waals surface area contributed by atoms with Gasteiger partial charge in [0, 0.05) is 20.1 Å². The highest BCUT2D eigenvalue weighted by atomic mass is 79.9. The molecule has 9 heteroatoms. The van der Waals surface area contributed by atoms with E-state index in [4.69, 9.17) is 10.9 Å². The maximum absolute atomic E-state index is 12.3. The highest BCUT2D eigenvalue weighted by Gasteiger charge is 2.47. The largest absolute Gasteiger partial charge is 0.382 e. The number of rotatable bonds is 4. The fraction of sp³-hybridized carbons (Fsp3) is 0.778. The molecule has 0 bridgehead atoms. The third-order valence-electron chi connectivity index (χ3n) is 6.66. The van der Waals surface area contributed by atoms with Crippen LogP contribution in [0.2, 0.25) is 0 Å². The van der Waals surface area contributed by atoms with E-state index in [9.17, 15) is 9.00 Å². The second-order valence-corrected chi connectivity index (χ2v) is 11.2. The SMILES string of the molecule is Cn1c(N2CCC3(CCC[C@@H]3CC(C)(C)S(N)=O)CC2)nc(N)c(Br)c1=O. The van der Waals surface area contributed by atoms with Crippen molar-refractivity contribution in [2.75, 3.05) is 23.7 Å². The van der Waals surface area contributed by atoms with Crippen LogP contribution >= 0.6 is 15.9 Å². The number of nitrogens with zero attached hydrogens (tertiary/aromatic N) is 3. The molecule has 1 aliphatic carbocycles. The van der Waals surface area contributed by atoms with E-state index in [0.29, 0.717) is 16.3 Å². The Morgan fingerprint density at radius 3 is 2.56 bits per heavy atom. The maximum atomic E-state index is 12.3. The summed E-state index contributed by atoms with van der Waals surface area (Å²) in [7, 11) is 0.416. The Morgan fingerprint density at radius 2 is 1.96 bits per heavy atom. The monoisotopic (exact) mass is 459 g/mol. The minimum Gasteiger partial charge on any atom is -0.382 e. The number of aromatic nitrogens is 2. The van der Waals surface area contributed by atoms with Gasteiger partial charge in [0.1, 0.15) is 10.3 Å². The van der Waals surface area contributed by atoms with Crippen molar-refractivity contribution < 1.29 is 4.21 Å². The number of piperidine rings is 1. The van der Waals surface area contributed by atoms with Crippen LogP contribution in [0.1, 0.15) is 52.4 Å². The first-order valence-corrected chi connectivity index (χ1v) is 11.5. The molecular weight excluding hydrogens is 430 g/mol. The fourth-order valence-electron chi connectivity index (χ4n) is 4.88. The average Bonchev–Trinajstić information content (AvgIpc) is 2.98. The summed E-state index contributed by atoms with van der Waals surface area (Å²) in [5.41, 5.74) is 6.02. The quantitative estimate of drug-likeness (QED) is 0.717. The summed E-state index contributed by atoms with van der Waals surface area (Å²) >= 11 is 3.21. The van der Waals surface area contributed by atoms with Crippen LogP contribution in [0.3, 0.4) is 0 Å². The zero-order chi connectivity index (χ0) is 20.0. The third-order valence-corrected chi connectivity index (χ3v) is 8.66.